The van der Waals surface area contributed by atoms with E-state index in [0.717, 1.165) is 9.80 Å². The van der Waals surface area contributed by atoms with E-state index < -0.39 is 161 Å². The van der Waals surface area contributed by atoms with Gasteiger partial charge in [0, 0.05) is 55.8 Å². The second kappa shape index (κ2) is 38.0. The van der Waals surface area contributed by atoms with Crippen LogP contribution in [0.2, 0.25) is 0 Å². The van der Waals surface area contributed by atoms with Crippen LogP contribution in [0.1, 0.15) is 163 Å². The number of nitrogens with two attached hydrogens (primary N) is 1. The highest BCUT2D eigenvalue weighted by atomic mass is 16.5. The van der Waals surface area contributed by atoms with Gasteiger partial charge in [-0.05, 0) is 115 Å². The number of carbonyl (C=O) groups is 11. The van der Waals surface area contributed by atoms with Crippen molar-refractivity contribution in [2.24, 2.45) is 41.2 Å². The Morgan fingerprint density at radius 1 is 0.533 bits per heavy atom. The fourth-order valence-electron chi connectivity index (χ4n) is 11.6. The molecule has 25 heteroatoms. The highest BCUT2D eigenvalue weighted by Gasteiger charge is 2.47. The lowest BCUT2D eigenvalue weighted by atomic mass is 9.91. The van der Waals surface area contributed by atoms with Crippen LogP contribution in [0, 0.1) is 35.5 Å². The van der Waals surface area contributed by atoms with Gasteiger partial charge in [-0.25, -0.2) is 0 Å². The molecule has 1 heterocycles. The number of aliphatic hydroxyl groups is 1. The second-order valence-corrected chi connectivity index (χ2v) is 27.8. The third-order valence-electron chi connectivity index (χ3n) is 17.4. The van der Waals surface area contributed by atoms with Crippen LogP contribution in [0.25, 0.3) is 0 Å². The number of hydrogen-bond donors (Lipinski definition) is 6. The lowest BCUT2D eigenvalue weighted by Crippen LogP contribution is -2.64. The zero-order chi connectivity index (χ0) is 71.3. The van der Waals surface area contributed by atoms with Crippen LogP contribution in [0.3, 0.4) is 0 Å². The number of rotatable bonds is 20. The van der Waals surface area contributed by atoms with Crippen LogP contribution < -0.4 is 27.0 Å². The molecule has 11 amide bonds. The van der Waals surface area contributed by atoms with Gasteiger partial charge in [0.1, 0.15) is 66.5 Å². The van der Waals surface area contributed by atoms with E-state index in [1.165, 1.54) is 93.8 Å². The molecule has 0 aromatic heterocycles. The number of amides is 11. The van der Waals surface area contributed by atoms with Crippen LogP contribution in [-0.2, 0) is 57.5 Å². The maximum absolute atomic E-state index is 15.3. The van der Waals surface area contributed by atoms with Crippen molar-refractivity contribution in [1.82, 2.24) is 55.6 Å². The van der Waals surface area contributed by atoms with E-state index in [1.54, 1.807) is 74.5 Å². The minimum atomic E-state index is -1.66. The van der Waals surface area contributed by atoms with E-state index in [4.69, 9.17) is 10.5 Å². The molecule has 0 bridgehead atoms. The molecule has 13 atom stereocenters. The molecule has 1 rings (SSSR count). The Labute approximate surface area is 550 Å². The number of hydrogen-bond acceptors (Lipinski definition) is 14. The summed E-state index contributed by atoms with van der Waals surface area (Å²) in [6, 6.07) is -14.3. The summed E-state index contributed by atoms with van der Waals surface area (Å²) in [5.41, 5.74) is 5.06. The molecular weight excluding hydrogens is 1180 g/mol. The third kappa shape index (κ3) is 23.2. The van der Waals surface area contributed by atoms with Gasteiger partial charge >= 0.3 is 0 Å². The topological polar surface area (TPSA) is 314 Å². The van der Waals surface area contributed by atoms with E-state index in [1.807, 2.05) is 41.5 Å². The second-order valence-electron chi connectivity index (χ2n) is 27.8. The number of nitrogens with zero attached hydrogens (tertiary/aromatic N) is 7. The molecule has 1 fully saturated rings. The number of ether oxygens (including phenoxy) is 1. The molecule has 25 nitrogen and oxygen atoms in total. The van der Waals surface area contributed by atoms with E-state index in [-0.39, 0.29) is 75.9 Å². The standard InChI is InChI=1S/C67H120N12O13/c1-26-29-30-43(14)55(80)54-59(84)71-46(28-3)61(86)73(19)47(31-32-68)62(87)77(23)51(37-67(17,18)92-33-27-2)58(83)72-52(41(10)11)65(90)74(20)48(34-38(4)5)57(82)69-44(15)56(81)70-45(16)60(85)75(21)49(35-39(6)7)63(88)76(22)50(36-40(8)9)64(89)78(24)53(42(12)13)66(91)79(54)25/h26-27,29,38-55,80H,2,28,30-37,68H2,1,3-25H3,(H,69,82)(H,70,81)(H,71,84)(H,72,83)/t43-,44+,45-,46+,47-,48+,49+,50+,51+,52+,53+,54+,55-/m1/s1. The SMILES string of the molecule is C=CCOC(C)(C)C[C@H]1C(=O)N[C@@H](C(C)C)C(=O)N(C)[C@@H](CC(C)C)C(=O)N[C@@H](C)C(=O)N[C@H](C)C(=O)N(C)[C@@H](CC(C)C)C(=O)N(C)[C@@H](CC(C)C)C(=O)N(C)[C@@H](C(C)C)C(=O)N(C)[C@@H]([C@H](O)[C@H](C)CC=CC)C(=O)N[C@@H](CC)C(=O)N(C)[C@H](CCN)C(=O)N1C. The van der Waals surface area contributed by atoms with Crippen LogP contribution in [0.5, 0.6) is 0 Å². The van der Waals surface area contributed by atoms with Crippen LogP contribution in [0.15, 0.2) is 24.8 Å². The van der Waals surface area contributed by atoms with Crippen LogP contribution in [0.4, 0.5) is 0 Å². The summed E-state index contributed by atoms with van der Waals surface area (Å²) in [7, 11) is 9.83. The number of aliphatic hydroxyl groups excluding tert-OH is 1. The number of nitrogens with one attached hydrogen (secondary N) is 4. The number of carbonyl (C=O) groups excluding carboxylic acids is 11. The van der Waals surface area contributed by atoms with Gasteiger partial charge in [0.05, 0.1) is 18.3 Å². The molecule has 92 heavy (non-hydrogen) atoms. The van der Waals surface area contributed by atoms with Gasteiger partial charge in [-0.2, -0.15) is 0 Å². The molecule has 0 aromatic carbocycles. The number of allylic oxidation sites excluding steroid dienone is 2. The molecule has 0 aliphatic carbocycles. The first-order valence-electron chi connectivity index (χ1n) is 32.9. The lowest BCUT2D eigenvalue weighted by Gasteiger charge is -2.41. The maximum Gasteiger partial charge on any atom is 0.246 e. The summed E-state index contributed by atoms with van der Waals surface area (Å²) in [4.78, 5) is 172. The molecular formula is C67H120N12O13. The first-order chi connectivity index (χ1) is 42.5. The van der Waals surface area contributed by atoms with Crippen molar-refractivity contribution in [2.75, 3.05) is 62.5 Å². The maximum atomic E-state index is 15.3. The van der Waals surface area contributed by atoms with Crippen molar-refractivity contribution in [2.45, 2.75) is 241 Å². The number of likely N-dealkylation sites (N-methyl/N-ethyl adjacent to an activating group) is 7. The average Bonchev–Trinajstić information content (AvgIpc) is 0.818. The molecule has 1 saturated heterocycles. The fraction of sp³-hybridized carbons (Fsp3) is 0.776. The van der Waals surface area contributed by atoms with Gasteiger partial charge in [-0.15, -0.1) is 6.58 Å². The Morgan fingerprint density at radius 2 is 0.967 bits per heavy atom. The molecule has 0 spiro atoms. The summed E-state index contributed by atoms with van der Waals surface area (Å²) in [5.74, 6) is -10.3. The Hall–Kier alpha value is -6.47. The zero-order valence-electron chi connectivity index (χ0n) is 60.2. The van der Waals surface area contributed by atoms with Gasteiger partial charge in [0.15, 0.2) is 0 Å². The largest absolute Gasteiger partial charge is 0.390 e. The summed E-state index contributed by atoms with van der Waals surface area (Å²) in [6.07, 6.45) is 3.95. The van der Waals surface area contributed by atoms with Crippen molar-refractivity contribution in [1.29, 1.82) is 0 Å². The smallest absolute Gasteiger partial charge is 0.246 e. The highest BCUT2D eigenvalue weighted by molar-refractivity contribution is 6.00. The molecule has 0 unspecified atom stereocenters. The monoisotopic (exact) mass is 1300 g/mol. The summed E-state index contributed by atoms with van der Waals surface area (Å²) < 4.78 is 6.09. The third-order valence-corrected chi connectivity index (χ3v) is 17.4. The van der Waals surface area contributed by atoms with Gasteiger partial charge in [0.2, 0.25) is 65.0 Å². The van der Waals surface area contributed by atoms with Crippen molar-refractivity contribution in [3.63, 3.8) is 0 Å². The Bertz CT molecular complexity index is 2540. The predicted octanol–water partition coefficient (Wildman–Crippen LogP) is 3.31. The quantitative estimate of drug-likeness (QED) is 0.0954. The molecule has 1 aliphatic rings. The molecule has 1 aliphatic heterocycles. The van der Waals surface area contributed by atoms with E-state index in [0.29, 0.717) is 0 Å². The lowest BCUT2D eigenvalue weighted by molar-refractivity contribution is -0.157. The van der Waals surface area contributed by atoms with Crippen molar-refractivity contribution in [3.8, 4) is 0 Å². The van der Waals surface area contributed by atoms with E-state index in [2.05, 4.69) is 27.8 Å². The Balaban J connectivity index is 4.54. The molecule has 526 valence electrons. The van der Waals surface area contributed by atoms with Crippen LogP contribution in [-0.4, -0.2) is 245 Å². The van der Waals surface area contributed by atoms with E-state index >= 15 is 28.8 Å². The van der Waals surface area contributed by atoms with E-state index in [9.17, 15) is 29.1 Å². The van der Waals surface area contributed by atoms with Gasteiger partial charge < -0.3 is 71.1 Å². The summed E-state index contributed by atoms with van der Waals surface area (Å²) >= 11 is 0. The summed E-state index contributed by atoms with van der Waals surface area (Å²) in [5, 5.41) is 23.3. The van der Waals surface area contributed by atoms with Gasteiger partial charge in [0.25, 0.3) is 0 Å². The zero-order valence-corrected chi connectivity index (χ0v) is 60.2. The highest BCUT2D eigenvalue weighted by Crippen LogP contribution is 2.27. The van der Waals surface area contributed by atoms with Gasteiger partial charge in [-0.1, -0.05) is 101 Å². The minimum Gasteiger partial charge on any atom is -0.390 e. The first-order valence-corrected chi connectivity index (χ1v) is 32.9. The Morgan fingerprint density at radius 3 is 1.43 bits per heavy atom. The van der Waals surface area contributed by atoms with Crippen molar-refractivity contribution in [3.05, 3.63) is 24.8 Å². The summed E-state index contributed by atoms with van der Waals surface area (Å²) in [6.45, 7) is 33.1. The van der Waals surface area contributed by atoms with Crippen molar-refractivity contribution < 1.29 is 62.6 Å². The van der Waals surface area contributed by atoms with Crippen LogP contribution >= 0.6 is 0 Å². The van der Waals surface area contributed by atoms with Crippen molar-refractivity contribution >= 4 is 65.0 Å². The molecule has 0 radical (unpaired) electrons. The normalized spacial score (nSPS) is 26.7. The molecule has 0 aromatic rings. The molecule has 7 N–H and O–H groups in total. The van der Waals surface area contributed by atoms with Gasteiger partial charge in [-0.3, -0.25) is 52.7 Å². The minimum absolute atomic E-state index is 0.0358. The fourth-order valence-corrected chi connectivity index (χ4v) is 11.6. The first kappa shape index (κ1) is 83.5. The Kier molecular flexibility index (Phi) is 34.5. The predicted molar refractivity (Wildman–Crippen MR) is 356 cm³/mol. The molecule has 0 saturated carbocycles. The average molecular weight is 1300 g/mol.